The fourth-order valence-electron chi connectivity index (χ4n) is 2.71. The molecule has 1 fully saturated rings. The van der Waals surface area contributed by atoms with Gasteiger partial charge in [-0.25, -0.2) is 0 Å². The second kappa shape index (κ2) is 4.58. The van der Waals surface area contributed by atoms with Crippen LogP contribution in [0.3, 0.4) is 0 Å². The van der Waals surface area contributed by atoms with Crippen molar-refractivity contribution in [2.24, 2.45) is 12.5 Å². The van der Waals surface area contributed by atoms with Gasteiger partial charge in [-0.15, -0.1) is 11.6 Å². The third kappa shape index (κ3) is 2.10. The topological polar surface area (TPSA) is 17.8 Å². The molecular formula is C12H18Cl2N2. The Morgan fingerprint density at radius 1 is 1.38 bits per heavy atom. The van der Waals surface area contributed by atoms with E-state index < -0.39 is 0 Å². The molecule has 0 aromatic carbocycles. The lowest BCUT2D eigenvalue weighted by molar-refractivity contribution is 0.332. The minimum absolute atomic E-state index is 0.255. The smallest absolute Gasteiger partial charge is 0.0847 e. The van der Waals surface area contributed by atoms with Gasteiger partial charge in [0.05, 0.1) is 16.4 Å². The van der Waals surface area contributed by atoms with Crippen LogP contribution in [0, 0.1) is 12.3 Å². The lowest BCUT2D eigenvalue weighted by Gasteiger charge is -2.26. The van der Waals surface area contributed by atoms with Crippen molar-refractivity contribution >= 4 is 23.2 Å². The van der Waals surface area contributed by atoms with E-state index in [1.54, 1.807) is 0 Å². The monoisotopic (exact) mass is 260 g/mol. The SMILES string of the molecule is Cc1nn(C)c(CC2(CCl)CCCC2)c1Cl. The molecule has 0 radical (unpaired) electrons. The van der Waals surface area contributed by atoms with Gasteiger partial charge in [0.15, 0.2) is 0 Å². The molecule has 1 aliphatic rings. The molecule has 1 aromatic rings. The second-order valence-electron chi connectivity index (χ2n) is 4.99. The van der Waals surface area contributed by atoms with Gasteiger partial charge in [-0.1, -0.05) is 24.4 Å². The van der Waals surface area contributed by atoms with Crippen molar-refractivity contribution in [2.45, 2.75) is 39.0 Å². The average molecular weight is 261 g/mol. The van der Waals surface area contributed by atoms with Crippen LogP contribution < -0.4 is 0 Å². The molecular weight excluding hydrogens is 243 g/mol. The molecule has 0 amide bonds. The number of hydrogen-bond donors (Lipinski definition) is 0. The normalized spacial score (nSPS) is 19.2. The molecule has 2 rings (SSSR count). The van der Waals surface area contributed by atoms with Crippen LogP contribution in [0.25, 0.3) is 0 Å². The van der Waals surface area contributed by atoms with Crippen LogP contribution in [0.5, 0.6) is 0 Å². The maximum atomic E-state index is 6.29. The summed E-state index contributed by atoms with van der Waals surface area (Å²) in [6.45, 7) is 1.95. The molecule has 0 atom stereocenters. The first-order valence-corrected chi connectivity index (χ1v) is 6.73. The van der Waals surface area contributed by atoms with Crippen LogP contribution in [0.2, 0.25) is 5.02 Å². The summed E-state index contributed by atoms with van der Waals surface area (Å²) in [5, 5.41) is 5.18. The number of aromatic nitrogens is 2. The standard InChI is InChI=1S/C12H18Cl2N2/c1-9-11(14)10(16(2)15-9)7-12(8-13)5-3-4-6-12/h3-8H2,1-2H3. The molecule has 1 saturated carbocycles. The highest BCUT2D eigenvalue weighted by molar-refractivity contribution is 6.31. The maximum absolute atomic E-state index is 6.29. The highest BCUT2D eigenvalue weighted by atomic mass is 35.5. The van der Waals surface area contributed by atoms with E-state index in [4.69, 9.17) is 23.2 Å². The van der Waals surface area contributed by atoms with Crippen LogP contribution in [0.1, 0.15) is 37.1 Å². The lowest BCUT2D eigenvalue weighted by Crippen LogP contribution is -2.23. The van der Waals surface area contributed by atoms with Crippen molar-refractivity contribution in [2.75, 3.05) is 5.88 Å². The Balaban J connectivity index is 2.25. The summed E-state index contributed by atoms with van der Waals surface area (Å²) in [5.74, 6) is 0.730. The Labute approximate surface area is 107 Å². The molecule has 0 saturated heterocycles. The van der Waals surface area contributed by atoms with Crippen LogP contribution in [-0.2, 0) is 13.5 Å². The predicted molar refractivity (Wildman–Crippen MR) is 68.3 cm³/mol. The Bertz CT molecular complexity index is 379. The van der Waals surface area contributed by atoms with Crippen LogP contribution >= 0.6 is 23.2 Å². The summed E-state index contributed by atoms with van der Waals surface area (Å²) < 4.78 is 1.91. The molecule has 0 unspecified atom stereocenters. The van der Waals surface area contributed by atoms with E-state index in [1.807, 2.05) is 18.7 Å². The van der Waals surface area contributed by atoms with Crippen molar-refractivity contribution in [1.29, 1.82) is 0 Å². The van der Waals surface area contributed by atoms with Gasteiger partial charge in [-0.3, -0.25) is 4.68 Å². The van der Waals surface area contributed by atoms with E-state index in [0.717, 1.165) is 28.7 Å². The Morgan fingerprint density at radius 3 is 2.44 bits per heavy atom. The highest BCUT2D eigenvalue weighted by Gasteiger charge is 2.35. The van der Waals surface area contributed by atoms with Gasteiger partial charge < -0.3 is 0 Å². The lowest BCUT2D eigenvalue weighted by atomic mass is 9.83. The number of halogens is 2. The van der Waals surface area contributed by atoms with Crippen molar-refractivity contribution in [3.63, 3.8) is 0 Å². The summed E-state index contributed by atoms with van der Waals surface area (Å²) in [5.41, 5.74) is 2.31. The van der Waals surface area contributed by atoms with Crippen molar-refractivity contribution < 1.29 is 0 Å². The number of alkyl halides is 1. The third-order valence-electron chi connectivity index (χ3n) is 3.75. The first kappa shape index (κ1) is 12.3. The van der Waals surface area contributed by atoms with Crippen LogP contribution in [0.15, 0.2) is 0 Å². The first-order chi connectivity index (χ1) is 7.58. The van der Waals surface area contributed by atoms with Gasteiger partial charge in [0.2, 0.25) is 0 Å². The molecule has 16 heavy (non-hydrogen) atoms. The fraction of sp³-hybridized carbons (Fsp3) is 0.750. The second-order valence-corrected chi connectivity index (χ2v) is 5.63. The number of rotatable bonds is 3. The molecule has 0 spiro atoms. The van der Waals surface area contributed by atoms with E-state index in [2.05, 4.69) is 5.10 Å². The van der Waals surface area contributed by atoms with Crippen molar-refractivity contribution in [3.05, 3.63) is 16.4 Å². The Hall–Kier alpha value is -0.210. The molecule has 4 heteroatoms. The zero-order chi connectivity index (χ0) is 11.8. The van der Waals surface area contributed by atoms with Gasteiger partial charge in [-0.2, -0.15) is 5.10 Å². The minimum atomic E-state index is 0.255. The quantitative estimate of drug-likeness (QED) is 0.758. The molecule has 0 bridgehead atoms. The molecule has 1 aliphatic carbocycles. The summed E-state index contributed by atoms with van der Waals surface area (Å²) >= 11 is 12.4. The van der Waals surface area contributed by atoms with Gasteiger partial charge in [0.25, 0.3) is 0 Å². The van der Waals surface area contributed by atoms with Crippen LogP contribution in [0.4, 0.5) is 0 Å². The molecule has 1 aromatic heterocycles. The molecule has 2 nitrogen and oxygen atoms in total. The summed E-state index contributed by atoms with van der Waals surface area (Å²) in [4.78, 5) is 0. The molecule has 0 aliphatic heterocycles. The minimum Gasteiger partial charge on any atom is -0.271 e. The Morgan fingerprint density at radius 2 is 2.00 bits per heavy atom. The van der Waals surface area contributed by atoms with E-state index in [1.165, 1.54) is 25.7 Å². The van der Waals surface area contributed by atoms with Gasteiger partial charge in [0.1, 0.15) is 0 Å². The number of aryl methyl sites for hydroxylation is 2. The average Bonchev–Trinajstić information content (AvgIpc) is 2.81. The van der Waals surface area contributed by atoms with E-state index in [-0.39, 0.29) is 5.41 Å². The zero-order valence-corrected chi connectivity index (χ0v) is 11.4. The van der Waals surface area contributed by atoms with Crippen molar-refractivity contribution in [1.82, 2.24) is 9.78 Å². The number of hydrogen-bond acceptors (Lipinski definition) is 1. The van der Waals surface area contributed by atoms with E-state index in [9.17, 15) is 0 Å². The predicted octanol–water partition coefficient (Wildman–Crippen LogP) is 3.72. The summed E-state index contributed by atoms with van der Waals surface area (Å²) in [6, 6.07) is 0. The molecule has 1 heterocycles. The molecule has 0 N–H and O–H groups in total. The Kier molecular flexibility index (Phi) is 3.50. The maximum Gasteiger partial charge on any atom is 0.0847 e. The van der Waals surface area contributed by atoms with Gasteiger partial charge in [0, 0.05) is 12.9 Å². The van der Waals surface area contributed by atoms with Gasteiger partial charge >= 0.3 is 0 Å². The zero-order valence-electron chi connectivity index (χ0n) is 9.89. The van der Waals surface area contributed by atoms with E-state index >= 15 is 0 Å². The molecule has 90 valence electrons. The van der Waals surface area contributed by atoms with Gasteiger partial charge in [-0.05, 0) is 31.6 Å². The first-order valence-electron chi connectivity index (χ1n) is 5.82. The summed E-state index contributed by atoms with van der Waals surface area (Å²) in [7, 11) is 1.96. The fourth-order valence-corrected chi connectivity index (χ4v) is 3.30. The largest absolute Gasteiger partial charge is 0.271 e. The van der Waals surface area contributed by atoms with E-state index in [0.29, 0.717) is 0 Å². The van der Waals surface area contributed by atoms with Crippen LogP contribution in [-0.4, -0.2) is 15.7 Å². The third-order valence-corrected chi connectivity index (χ3v) is 4.81. The summed E-state index contributed by atoms with van der Waals surface area (Å²) in [6.07, 6.45) is 5.99. The highest BCUT2D eigenvalue weighted by Crippen LogP contribution is 2.43. The van der Waals surface area contributed by atoms with Crippen molar-refractivity contribution in [3.8, 4) is 0 Å². The number of nitrogens with zero attached hydrogens (tertiary/aromatic N) is 2.